The molecule has 0 aliphatic carbocycles. The molecule has 21 heavy (non-hydrogen) atoms. The van der Waals surface area contributed by atoms with Crippen molar-refractivity contribution in [3.63, 3.8) is 0 Å². The monoisotopic (exact) mass is 316 g/mol. The molecular weight excluding hydrogens is 292 g/mol. The number of nitrogens with zero attached hydrogens (tertiary/aromatic N) is 3. The molecule has 1 N–H and O–H groups in total. The molecule has 1 atom stereocenters. The first-order valence-corrected chi connectivity index (χ1v) is 8.83. The number of carbonyl (C=O) groups is 1. The van der Waals surface area contributed by atoms with Gasteiger partial charge in [-0.3, -0.25) is 9.69 Å². The Labute approximate surface area is 126 Å². The third kappa shape index (κ3) is 4.95. The second kappa shape index (κ2) is 6.73. The van der Waals surface area contributed by atoms with Crippen LogP contribution < -0.4 is 5.32 Å². The lowest BCUT2D eigenvalue weighted by Crippen LogP contribution is -2.54. The maximum atomic E-state index is 12.0. The fourth-order valence-corrected chi connectivity index (χ4v) is 2.88. The molecule has 1 aliphatic rings. The van der Waals surface area contributed by atoms with Crippen molar-refractivity contribution in [1.29, 1.82) is 5.26 Å². The van der Waals surface area contributed by atoms with Gasteiger partial charge in [0.1, 0.15) is 5.54 Å². The van der Waals surface area contributed by atoms with Crippen LogP contribution in [0.2, 0.25) is 0 Å². The number of rotatable bonds is 5. The summed E-state index contributed by atoms with van der Waals surface area (Å²) in [6.07, 6.45) is 1.19. The molecule has 1 rings (SSSR count). The molecule has 1 heterocycles. The zero-order chi connectivity index (χ0) is 16.3. The van der Waals surface area contributed by atoms with Crippen LogP contribution in [0.3, 0.4) is 0 Å². The van der Waals surface area contributed by atoms with Crippen molar-refractivity contribution in [3.05, 3.63) is 0 Å². The second-order valence-electron chi connectivity index (χ2n) is 5.96. The normalized spacial score (nSPS) is 20.8. The molecule has 0 unspecified atom stereocenters. The number of sulfonamides is 1. The van der Waals surface area contributed by atoms with E-state index in [1.54, 1.807) is 6.92 Å². The lowest BCUT2D eigenvalue weighted by molar-refractivity contribution is -0.124. The Balaban J connectivity index is 2.50. The third-order valence-corrected chi connectivity index (χ3v) is 5.26. The summed E-state index contributed by atoms with van der Waals surface area (Å²) in [6, 6.07) is 2.13. The van der Waals surface area contributed by atoms with Crippen LogP contribution in [0.1, 0.15) is 20.8 Å². The minimum Gasteiger partial charge on any atom is -0.337 e. The summed E-state index contributed by atoms with van der Waals surface area (Å²) in [5, 5.41) is 11.9. The minimum absolute atomic E-state index is 0.00790. The molecule has 7 nitrogen and oxygen atoms in total. The molecule has 0 saturated carbocycles. The summed E-state index contributed by atoms with van der Waals surface area (Å²) in [7, 11) is -3.16. The van der Waals surface area contributed by atoms with Gasteiger partial charge in [0.05, 0.1) is 18.9 Å². The Morgan fingerprint density at radius 1 is 1.33 bits per heavy atom. The van der Waals surface area contributed by atoms with Gasteiger partial charge in [-0.15, -0.1) is 0 Å². The Bertz CT molecular complexity index is 518. The van der Waals surface area contributed by atoms with Crippen molar-refractivity contribution in [2.75, 3.05) is 39.0 Å². The highest BCUT2D eigenvalue weighted by Crippen LogP contribution is 2.15. The molecule has 1 aliphatic heterocycles. The molecule has 0 radical (unpaired) electrons. The van der Waals surface area contributed by atoms with Gasteiger partial charge in [0.2, 0.25) is 15.9 Å². The molecule has 0 aromatic carbocycles. The van der Waals surface area contributed by atoms with E-state index < -0.39 is 15.6 Å². The van der Waals surface area contributed by atoms with E-state index in [1.807, 2.05) is 18.7 Å². The summed E-state index contributed by atoms with van der Waals surface area (Å²) in [6.45, 7) is 7.48. The predicted octanol–water partition coefficient (Wildman–Crippen LogP) is -0.382. The van der Waals surface area contributed by atoms with Crippen molar-refractivity contribution >= 4 is 15.9 Å². The third-order valence-electron chi connectivity index (χ3n) is 3.95. The molecule has 8 heteroatoms. The van der Waals surface area contributed by atoms with Gasteiger partial charge in [-0.25, -0.2) is 8.42 Å². The first kappa shape index (κ1) is 17.9. The van der Waals surface area contributed by atoms with E-state index in [9.17, 15) is 18.5 Å². The van der Waals surface area contributed by atoms with Crippen LogP contribution in [0.5, 0.6) is 0 Å². The van der Waals surface area contributed by atoms with Gasteiger partial charge < -0.3 is 5.32 Å². The fourth-order valence-electron chi connectivity index (χ4n) is 2.05. The maximum Gasteiger partial charge on any atom is 0.235 e. The smallest absolute Gasteiger partial charge is 0.235 e. The highest BCUT2D eigenvalue weighted by molar-refractivity contribution is 7.88. The van der Waals surface area contributed by atoms with Crippen LogP contribution in [0.4, 0.5) is 0 Å². The largest absolute Gasteiger partial charge is 0.337 e. The average Bonchev–Trinajstić information content (AvgIpc) is 2.37. The Morgan fingerprint density at radius 2 is 1.86 bits per heavy atom. The summed E-state index contributed by atoms with van der Waals surface area (Å²) in [4.78, 5) is 13.9. The van der Waals surface area contributed by atoms with Gasteiger partial charge in [-0.2, -0.15) is 9.57 Å². The lowest BCUT2D eigenvalue weighted by Gasteiger charge is -2.34. The van der Waals surface area contributed by atoms with E-state index in [2.05, 4.69) is 11.4 Å². The van der Waals surface area contributed by atoms with Gasteiger partial charge in [-0.1, -0.05) is 13.8 Å². The molecule has 1 fully saturated rings. The highest BCUT2D eigenvalue weighted by atomic mass is 32.2. The van der Waals surface area contributed by atoms with Crippen LogP contribution >= 0.6 is 0 Å². The van der Waals surface area contributed by atoms with Gasteiger partial charge in [0, 0.05) is 26.2 Å². The topological polar surface area (TPSA) is 93.5 Å². The van der Waals surface area contributed by atoms with Crippen LogP contribution in [-0.2, 0) is 14.8 Å². The number of nitrogens with one attached hydrogen (secondary N) is 1. The number of hydrogen-bond acceptors (Lipinski definition) is 5. The molecule has 1 amide bonds. The fraction of sp³-hybridized carbons (Fsp3) is 0.846. The van der Waals surface area contributed by atoms with Crippen molar-refractivity contribution in [3.8, 4) is 6.07 Å². The van der Waals surface area contributed by atoms with Crippen LogP contribution in [-0.4, -0.2) is 68.0 Å². The number of hydrogen-bond donors (Lipinski definition) is 1. The summed E-state index contributed by atoms with van der Waals surface area (Å²) >= 11 is 0. The predicted molar refractivity (Wildman–Crippen MR) is 79.9 cm³/mol. The number of nitriles is 1. The Kier molecular flexibility index (Phi) is 5.73. The molecular formula is C13H24N4O3S. The Morgan fingerprint density at radius 3 is 2.24 bits per heavy atom. The summed E-state index contributed by atoms with van der Waals surface area (Å²) < 4.78 is 24.2. The lowest BCUT2D eigenvalue weighted by atomic mass is 9.90. The minimum atomic E-state index is -3.16. The first-order valence-electron chi connectivity index (χ1n) is 6.98. The number of carbonyl (C=O) groups excluding carboxylic acids is 1. The summed E-state index contributed by atoms with van der Waals surface area (Å²) in [5.74, 6) is -0.200. The molecule has 0 aromatic rings. The van der Waals surface area contributed by atoms with E-state index in [-0.39, 0.29) is 18.4 Å². The Hall–Kier alpha value is -1.17. The molecule has 0 aromatic heterocycles. The van der Waals surface area contributed by atoms with Gasteiger partial charge in [0.15, 0.2) is 0 Å². The first-order chi connectivity index (χ1) is 9.58. The van der Waals surface area contributed by atoms with Gasteiger partial charge in [-0.05, 0) is 12.8 Å². The van der Waals surface area contributed by atoms with Crippen molar-refractivity contribution in [2.24, 2.45) is 5.92 Å². The average molecular weight is 316 g/mol. The zero-order valence-electron chi connectivity index (χ0n) is 13.1. The molecule has 120 valence electrons. The van der Waals surface area contributed by atoms with Crippen molar-refractivity contribution in [1.82, 2.24) is 14.5 Å². The quantitative estimate of drug-likeness (QED) is 0.746. The zero-order valence-corrected chi connectivity index (χ0v) is 13.9. The van der Waals surface area contributed by atoms with Crippen LogP contribution in [0, 0.1) is 17.2 Å². The van der Waals surface area contributed by atoms with E-state index in [0.717, 1.165) is 0 Å². The van der Waals surface area contributed by atoms with Crippen LogP contribution in [0.15, 0.2) is 0 Å². The van der Waals surface area contributed by atoms with Crippen LogP contribution in [0.25, 0.3) is 0 Å². The SMILES string of the molecule is CC(C)[C@](C)(C#N)NC(=O)CN1CCN(S(C)(=O)=O)CC1. The van der Waals surface area contributed by atoms with E-state index in [1.165, 1.54) is 10.6 Å². The van der Waals surface area contributed by atoms with Crippen molar-refractivity contribution < 1.29 is 13.2 Å². The maximum absolute atomic E-state index is 12.0. The van der Waals surface area contributed by atoms with Gasteiger partial charge in [0.25, 0.3) is 0 Å². The highest BCUT2D eigenvalue weighted by Gasteiger charge is 2.31. The molecule has 0 bridgehead atoms. The molecule has 1 saturated heterocycles. The number of piperazine rings is 1. The van der Waals surface area contributed by atoms with E-state index in [4.69, 9.17) is 0 Å². The van der Waals surface area contributed by atoms with Crippen molar-refractivity contribution in [2.45, 2.75) is 26.3 Å². The van der Waals surface area contributed by atoms with E-state index in [0.29, 0.717) is 26.2 Å². The summed E-state index contributed by atoms with van der Waals surface area (Å²) in [5.41, 5.74) is -0.883. The standard InChI is InChI=1S/C13H24N4O3S/c1-11(2)13(3,10-14)15-12(18)9-16-5-7-17(8-6-16)21(4,19)20/h11H,5-9H2,1-4H3,(H,15,18)/t13-/m0/s1. The van der Waals surface area contributed by atoms with E-state index >= 15 is 0 Å². The molecule has 0 spiro atoms. The second-order valence-corrected chi connectivity index (χ2v) is 7.94. The van der Waals surface area contributed by atoms with Gasteiger partial charge >= 0.3 is 0 Å². The number of amides is 1.